The van der Waals surface area contributed by atoms with Crippen LogP contribution in [0.1, 0.15) is 47.1 Å². The average Bonchev–Trinajstić information content (AvgIpc) is 2.60. The van der Waals surface area contributed by atoms with E-state index in [1.165, 1.54) is 18.2 Å². The summed E-state index contributed by atoms with van der Waals surface area (Å²) in [5.41, 5.74) is -0.000126. The summed E-state index contributed by atoms with van der Waals surface area (Å²) >= 11 is 0. The smallest absolute Gasteiger partial charge is 0.336 e. The van der Waals surface area contributed by atoms with Crippen LogP contribution in [-0.2, 0) is 16.0 Å². The number of hydrogen-bond donors (Lipinski definition) is 2. The Morgan fingerprint density at radius 1 is 0.963 bits per heavy atom. The minimum Gasteiger partial charge on any atom is -0.478 e. The third-order valence-electron chi connectivity index (χ3n) is 3.68. The highest BCUT2D eigenvalue weighted by atomic mass is 16.6. The van der Waals surface area contributed by atoms with E-state index in [2.05, 4.69) is 5.32 Å². The van der Waals surface area contributed by atoms with E-state index in [-0.39, 0.29) is 17.5 Å². The highest BCUT2D eigenvalue weighted by Crippen LogP contribution is 2.14. The Hall–Kier alpha value is -3.15. The van der Waals surface area contributed by atoms with Gasteiger partial charge in [-0.3, -0.25) is 4.79 Å². The number of hydrogen-bond acceptors (Lipinski definition) is 4. The molecule has 0 heterocycles. The zero-order valence-electron chi connectivity index (χ0n) is 15.6. The SMILES string of the molecule is CC(C)(C)OC(=O)[C@H](Cc1ccccc1)NC(=O)c1ccccc1C(=O)O. The summed E-state index contributed by atoms with van der Waals surface area (Å²) in [7, 11) is 0. The molecule has 27 heavy (non-hydrogen) atoms. The molecule has 2 N–H and O–H groups in total. The van der Waals surface area contributed by atoms with Crippen LogP contribution in [0.15, 0.2) is 54.6 Å². The average molecular weight is 369 g/mol. The largest absolute Gasteiger partial charge is 0.478 e. The van der Waals surface area contributed by atoms with E-state index in [0.29, 0.717) is 0 Å². The molecule has 142 valence electrons. The zero-order valence-corrected chi connectivity index (χ0v) is 15.6. The lowest BCUT2D eigenvalue weighted by atomic mass is 10.0. The predicted molar refractivity (Wildman–Crippen MR) is 101 cm³/mol. The van der Waals surface area contributed by atoms with Gasteiger partial charge in [-0.1, -0.05) is 42.5 Å². The van der Waals surface area contributed by atoms with E-state index in [4.69, 9.17) is 4.74 Å². The molecule has 6 nitrogen and oxygen atoms in total. The van der Waals surface area contributed by atoms with Crippen molar-refractivity contribution < 1.29 is 24.2 Å². The molecular weight excluding hydrogens is 346 g/mol. The van der Waals surface area contributed by atoms with Crippen LogP contribution in [0.4, 0.5) is 0 Å². The van der Waals surface area contributed by atoms with Crippen LogP contribution in [0.5, 0.6) is 0 Å². The number of benzene rings is 2. The topological polar surface area (TPSA) is 92.7 Å². The predicted octanol–water partition coefficient (Wildman–Crippen LogP) is 3.07. The van der Waals surface area contributed by atoms with Crippen molar-refractivity contribution in [2.45, 2.75) is 38.8 Å². The van der Waals surface area contributed by atoms with Crippen molar-refractivity contribution in [3.8, 4) is 0 Å². The van der Waals surface area contributed by atoms with Crippen molar-refractivity contribution in [1.29, 1.82) is 0 Å². The molecule has 0 aliphatic heterocycles. The number of nitrogens with one attached hydrogen (secondary N) is 1. The Balaban J connectivity index is 2.27. The number of carbonyl (C=O) groups excluding carboxylic acids is 2. The molecule has 1 amide bonds. The van der Waals surface area contributed by atoms with Crippen LogP contribution in [0.3, 0.4) is 0 Å². The van der Waals surface area contributed by atoms with E-state index < -0.39 is 29.5 Å². The van der Waals surface area contributed by atoms with Gasteiger partial charge >= 0.3 is 11.9 Å². The van der Waals surface area contributed by atoms with Gasteiger partial charge in [-0.15, -0.1) is 0 Å². The molecule has 0 radical (unpaired) electrons. The maximum Gasteiger partial charge on any atom is 0.336 e. The molecule has 6 heteroatoms. The van der Waals surface area contributed by atoms with Crippen molar-refractivity contribution in [1.82, 2.24) is 5.32 Å². The second kappa shape index (κ2) is 8.49. The summed E-state index contributed by atoms with van der Waals surface area (Å²) in [5.74, 6) is -2.43. The van der Waals surface area contributed by atoms with Crippen LogP contribution in [-0.4, -0.2) is 34.6 Å². The number of carboxylic acid groups (broad SMARTS) is 1. The minimum absolute atomic E-state index is 0.00776. The molecule has 0 aliphatic carbocycles. The number of amides is 1. The van der Waals surface area contributed by atoms with Gasteiger partial charge in [0.05, 0.1) is 11.1 Å². The second-order valence-corrected chi connectivity index (χ2v) is 7.10. The van der Waals surface area contributed by atoms with Gasteiger partial charge in [0, 0.05) is 6.42 Å². The summed E-state index contributed by atoms with van der Waals surface area (Å²) < 4.78 is 5.42. The number of ether oxygens (including phenoxy) is 1. The molecule has 0 unspecified atom stereocenters. The first kappa shape index (κ1) is 20.2. The van der Waals surface area contributed by atoms with Crippen LogP contribution in [0.25, 0.3) is 0 Å². The van der Waals surface area contributed by atoms with Gasteiger partial charge in [-0.05, 0) is 38.5 Å². The fraction of sp³-hybridized carbons (Fsp3) is 0.286. The van der Waals surface area contributed by atoms with Gasteiger partial charge in [-0.25, -0.2) is 9.59 Å². The van der Waals surface area contributed by atoms with Crippen molar-refractivity contribution in [3.05, 3.63) is 71.3 Å². The van der Waals surface area contributed by atoms with E-state index in [1.807, 2.05) is 30.3 Å². The molecule has 0 saturated carbocycles. The fourth-order valence-electron chi connectivity index (χ4n) is 2.52. The zero-order chi connectivity index (χ0) is 20.0. The van der Waals surface area contributed by atoms with Gasteiger partial charge in [0.15, 0.2) is 0 Å². The Labute approximate surface area is 158 Å². The first-order valence-electron chi connectivity index (χ1n) is 8.57. The molecule has 0 aromatic heterocycles. The van der Waals surface area contributed by atoms with Crippen molar-refractivity contribution in [3.63, 3.8) is 0 Å². The Morgan fingerprint density at radius 3 is 2.07 bits per heavy atom. The highest BCUT2D eigenvalue weighted by Gasteiger charge is 2.28. The fourth-order valence-corrected chi connectivity index (χ4v) is 2.52. The molecule has 2 aromatic carbocycles. The molecule has 0 saturated heterocycles. The van der Waals surface area contributed by atoms with Gasteiger partial charge < -0.3 is 15.2 Å². The van der Waals surface area contributed by atoms with Gasteiger partial charge in [0.25, 0.3) is 5.91 Å². The van der Waals surface area contributed by atoms with Crippen molar-refractivity contribution in [2.24, 2.45) is 0 Å². The maximum atomic E-state index is 12.7. The van der Waals surface area contributed by atoms with Crippen molar-refractivity contribution >= 4 is 17.8 Å². The maximum absolute atomic E-state index is 12.7. The highest BCUT2D eigenvalue weighted by molar-refractivity contribution is 6.05. The van der Waals surface area contributed by atoms with E-state index in [1.54, 1.807) is 26.8 Å². The van der Waals surface area contributed by atoms with Crippen LogP contribution in [0.2, 0.25) is 0 Å². The third-order valence-corrected chi connectivity index (χ3v) is 3.68. The standard InChI is InChI=1S/C21H23NO5/c1-21(2,3)27-20(26)17(13-14-9-5-4-6-10-14)22-18(23)15-11-7-8-12-16(15)19(24)25/h4-12,17H,13H2,1-3H3,(H,22,23)(H,24,25)/t17-/m0/s1. The lowest BCUT2D eigenvalue weighted by molar-refractivity contribution is -0.157. The first-order valence-corrected chi connectivity index (χ1v) is 8.57. The van der Waals surface area contributed by atoms with E-state index in [0.717, 1.165) is 5.56 Å². The molecule has 0 bridgehead atoms. The van der Waals surface area contributed by atoms with E-state index >= 15 is 0 Å². The number of esters is 1. The minimum atomic E-state index is -1.21. The quantitative estimate of drug-likeness (QED) is 0.764. The summed E-state index contributed by atoms with van der Waals surface area (Å²) in [6, 6.07) is 14.1. The van der Waals surface area contributed by atoms with Crippen LogP contribution in [0, 0.1) is 0 Å². The second-order valence-electron chi connectivity index (χ2n) is 7.10. The Bertz CT molecular complexity index is 824. The normalized spacial score (nSPS) is 12.1. The summed E-state index contributed by atoms with van der Waals surface area (Å²) in [6.45, 7) is 5.23. The molecule has 0 spiro atoms. The lowest BCUT2D eigenvalue weighted by Crippen LogP contribution is -2.45. The van der Waals surface area contributed by atoms with Gasteiger partial charge in [0.2, 0.25) is 0 Å². The number of rotatable bonds is 6. The molecule has 2 rings (SSSR count). The van der Waals surface area contributed by atoms with E-state index in [9.17, 15) is 19.5 Å². The number of carbonyl (C=O) groups is 3. The Kier molecular flexibility index (Phi) is 6.34. The monoisotopic (exact) mass is 369 g/mol. The number of carboxylic acids is 1. The lowest BCUT2D eigenvalue weighted by Gasteiger charge is -2.25. The first-order chi connectivity index (χ1) is 12.7. The summed E-state index contributed by atoms with van der Waals surface area (Å²) in [6.07, 6.45) is 0.233. The van der Waals surface area contributed by atoms with Crippen LogP contribution >= 0.6 is 0 Å². The number of aromatic carboxylic acids is 1. The van der Waals surface area contributed by atoms with Crippen molar-refractivity contribution in [2.75, 3.05) is 0 Å². The molecule has 1 atom stereocenters. The summed E-state index contributed by atoms with van der Waals surface area (Å²) in [5, 5.41) is 11.9. The molecule has 2 aromatic rings. The Morgan fingerprint density at radius 2 is 1.52 bits per heavy atom. The van der Waals surface area contributed by atoms with Gasteiger partial charge in [0.1, 0.15) is 11.6 Å². The molecule has 0 fully saturated rings. The molecule has 0 aliphatic rings. The molecular formula is C21H23NO5. The van der Waals surface area contributed by atoms with Gasteiger partial charge in [-0.2, -0.15) is 0 Å². The summed E-state index contributed by atoms with van der Waals surface area (Å²) in [4.78, 5) is 36.6. The van der Waals surface area contributed by atoms with Crippen LogP contribution < -0.4 is 5.32 Å². The third kappa shape index (κ3) is 5.95.